The van der Waals surface area contributed by atoms with E-state index in [0.29, 0.717) is 37.2 Å². The fraction of sp³-hybridized carbons (Fsp3) is 0.344. The summed E-state index contributed by atoms with van der Waals surface area (Å²) in [5.74, 6) is -1.24. The molecule has 1 aliphatic rings. The highest BCUT2D eigenvalue weighted by molar-refractivity contribution is 6.06. The van der Waals surface area contributed by atoms with Crippen LogP contribution in [0.1, 0.15) is 31.2 Å². The molecule has 0 aliphatic carbocycles. The normalized spacial score (nSPS) is 14.8. The predicted molar refractivity (Wildman–Crippen MR) is 170 cm³/mol. The highest BCUT2D eigenvalue weighted by atomic mass is 16.5. The van der Waals surface area contributed by atoms with Crippen molar-refractivity contribution in [1.29, 1.82) is 0 Å². The smallest absolute Gasteiger partial charge is 0.407 e. The zero-order chi connectivity index (χ0) is 32.3. The molecule has 0 radical (unpaired) electrons. The second-order valence-electron chi connectivity index (χ2n) is 10.6. The number of nitrogens with zero attached hydrogens (tertiary/aromatic N) is 3. The number of methoxy groups -OCH3 is 1. The Labute approximate surface area is 261 Å². The minimum Gasteiger partial charge on any atom is -0.496 e. The Morgan fingerprint density at radius 3 is 2.49 bits per heavy atom. The summed E-state index contributed by atoms with van der Waals surface area (Å²) >= 11 is 0. The third kappa shape index (κ3) is 8.40. The van der Waals surface area contributed by atoms with Gasteiger partial charge in [0, 0.05) is 30.2 Å². The summed E-state index contributed by atoms with van der Waals surface area (Å²) in [4.78, 5) is 59.6. The molecule has 3 aromatic rings. The predicted octanol–water partition coefficient (Wildman–Crippen LogP) is 2.01. The molecule has 4 rings (SSSR count). The number of anilines is 1. The van der Waals surface area contributed by atoms with E-state index >= 15 is 0 Å². The Balaban J connectivity index is 1.57. The van der Waals surface area contributed by atoms with Crippen LogP contribution in [-0.4, -0.2) is 73.5 Å². The number of carbonyl (C=O) groups excluding carboxylic acids is 4. The average molecular weight is 618 g/mol. The van der Waals surface area contributed by atoms with Gasteiger partial charge in [0.2, 0.25) is 11.8 Å². The van der Waals surface area contributed by atoms with Gasteiger partial charge in [-0.25, -0.2) is 4.79 Å². The van der Waals surface area contributed by atoms with Gasteiger partial charge in [-0.05, 0) is 42.7 Å². The summed E-state index contributed by atoms with van der Waals surface area (Å²) in [6, 6.07) is 18.1. The number of hydrogen-bond acceptors (Lipinski definition) is 7. The molecular weight excluding hydrogens is 578 g/mol. The molecule has 3 aromatic carbocycles. The molecule has 0 spiro atoms. The van der Waals surface area contributed by atoms with Crippen LogP contribution < -0.4 is 32.2 Å². The first-order valence-corrected chi connectivity index (χ1v) is 14.7. The van der Waals surface area contributed by atoms with Crippen molar-refractivity contribution in [2.24, 2.45) is 22.2 Å². The van der Waals surface area contributed by atoms with Crippen LogP contribution in [0.25, 0.3) is 10.8 Å². The van der Waals surface area contributed by atoms with E-state index in [1.165, 1.54) is 16.9 Å². The lowest BCUT2D eigenvalue weighted by Crippen LogP contribution is -2.56. The van der Waals surface area contributed by atoms with Gasteiger partial charge >= 0.3 is 6.09 Å². The Kier molecular flexibility index (Phi) is 11.2. The Morgan fingerprint density at radius 2 is 1.78 bits per heavy atom. The molecule has 4 amide bonds. The summed E-state index contributed by atoms with van der Waals surface area (Å²) in [7, 11) is 1.52. The van der Waals surface area contributed by atoms with Gasteiger partial charge in [-0.1, -0.05) is 54.6 Å². The summed E-state index contributed by atoms with van der Waals surface area (Å²) < 4.78 is 10.8. The lowest BCUT2D eigenvalue weighted by molar-refractivity contribution is -0.137. The molecule has 0 bridgehead atoms. The number of nitrogens with one attached hydrogen (secondary N) is 1. The van der Waals surface area contributed by atoms with Crippen molar-refractivity contribution in [3.05, 3.63) is 72.3 Å². The Bertz CT molecular complexity index is 1540. The zero-order valence-electron chi connectivity index (χ0n) is 25.2. The third-order valence-corrected chi connectivity index (χ3v) is 7.57. The maximum absolute atomic E-state index is 14.4. The van der Waals surface area contributed by atoms with Gasteiger partial charge in [-0.2, -0.15) is 0 Å². The second-order valence-corrected chi connectivity index (χ2v) is 10.6. The molecule has 13 nitrogen and oxygen atoms in total. The van der Waals surface area contributed by atoms with Gasteiger partial charge < -0.3 is 36.9 Å². The topological polar surface area (TPSA) is 196 Å². The van der Waals surface area contributed by atoms with E-state index in [0.717, 1.165) is 16.3 Å². The number of primary amides is 1. The summed E-state index contributed by atoms with van der Waals surface area (Å²) in [5, 5.41) is 4.07. The molecule has 0 saturated carbocycles. The van der Waals surface area contributed by atoms with E-state index in [-0.39, 0.29) is 32.1 Å². The molecule has 1 saturated heterocycles. The molecule has 1 aliphatic heterocycles. The number of likely N-dealkylation sites (tertiary alicyclic amines) is 1. The number of ether oxygens (including phenoxy) is 2. The molecule has 13 heteroatoms. The maximum atomic E-state index is 14.4. The van der Waals surface area contributed by atoms with Crippen LogP contribution in [-0.2, 0) is 25.7 Å². The third-order valence-electron chi connectivity index (χ3n) is 7.57. The first-order chi connectivity index (χ1) is 21.7. The number of hydrogen-bond donors (Lipinski definition) is 4. The van der Waals surface area contributed by atoms with Crippen LogP contribution in [0, 0.1) is 0 Å². The quantitative estimate of drug-likeness (QED) is 0.127. The van der Waals surface area contributed by atoms with Crippen LogP contribution in [0.2, 0.25) is 0 Å². The number of alkyl carbamates (subject to hydrolysis) is 1. The molecule has 238 valence electrons. The molecule has 1 fully saturated rings. The molecular formula is C32H39N7O6. The van der Waals surface area contributed by atoms with Crippen molar-refractivity contribution < 1.29 is 28.7 Å². The van der Waals surface area contributed by atoms with E-state index in [4.69, 9.17) is 26.7 Å². The van der Waals surface area contributed by atoms with Crippen molar-refractivity contribution in [3.8, 4) is 5.75 Å². The number of benzene rings is 3. The molecule has 0 unspecified atom stereocenters. The monoisotopic (exact) mass is 617 g/mol. The summed E-state index contributed by atoms with van der Waals surface area (Å²) in [6.07, 6.45) is 0.698. The summed E-state index contributed by atoms with van der Waals surface area (Å²) in [6.45, 7) is 0.221. The lowest BCUT2D eigenvalue weighted by atomic mass is 10.0. The highest BCUT2D eigenvalue weighted by Gasteiger charge is 2.40. The number of fused-ring (bicyclic) bond motifs is 1. The van der Waals surface area contributed by atoms with Gasteiger partial charge in [-0.3, -0.25) is 24.3 Å². The molecule has 1 heterocycles. The van der Waals surface area contributed by atoms with Crippen LogP contribution in [0.5, 0.6) is 5.75 Å². The van der Waals surface area contributed by atoms with E-state index < -0.39 is 35.9 Å². The number of aliphatic imine (C=N–C) groups is 1. The van der Waals surface area contributed by atoms with Crippen molar-refractivity contribution in [2.45, 2.75) is 44.4 Å². The van der Waals surface area contributed by atoms with Gasteiger partial charge in [-0.15, -0.1) is 0 Å². The number of guanidine groups is 1. The number of carbonyl (C=O) groups is 4. The molecule has 45 heavy (non-hydrogen) atoms. The fourth-order valence-corrected chi connectivity index (χ4v) is 5.43. The van der Waals surface area contributed by atoms with E-state index in [1.807, 2.05) is 54.6 Å². The molecule has 7 N–H and O–H groups in total. The number of amides is 4. The first-order valence-electron chi connectivity index (χ1n) is 14.7. The van der Waals surface area contributed by atoms with Gasteiger partial charge in [0.1, 0.15) is 31.0 Å². The SMILES string of the molecule is COc1cc(N(C(=O)[C@@H]2CCCN2C(=O)CNC(=O)OCc2ccccc2)[C@@H](CCCN=C(N)N)C(N)=O)cc2ccccc12. The van der Waals surface area contributed by atoms with Crippen LogP contribution in [0.4, 0.5) is 10.5 Å². The Morgan fingerprint density at radius 1 is 1.04 bits per heavy atom. The highest BCUT2D eigenvalue weighted by Crippen LogP contribution is 2.34. The van der Waals surface area contributed by atoms with Gasteiger partial charge in [0.05, 0.1) is 7.11 Å². The van der Waals surface area contributed by atoms with Crippen LogP contribution >= 0.6 is 0 Å². The Hall–Kier alpha value is -5.33. The van der Waals surface area contributed by atoms with E-state index in [2.05, 4.69) is 10.3 Å². The van der Waals surface area contributed by atoms with Crippen LogP contribution in [0.15, 0.2) is 71.7 Å². The number of rotatable bonds is 13. The van der Waals surface area contributed by atoms with E-state index in [9.17, 15) is 19.2 Å². The zero-order valence-corrected chi connectivity index (χ0v) is 25.2. The average Bonchev–Trinajstić information content (AvgIpc) is 3.54. The van der Waals surface area contributed by atoms with Crippen molar-refractivity contribution in [2.75, 3.05) is 31.6 Å². The van der Waals surface area contributed by atoms with E-state index in [1.54, 1.807) is 12.1 Å². The summed E-state index contributed by atoms with van der Waals surface area (Å²) in [5.41, 5.74) is 18.0. The first kappa shape index (κ1) is 32.6. The van der Waals surface area contributed by atoms with Crippen LogP contribution in [0.3, 0.4) is 0 Å². The minimum atomic E-state index is -1.07. The standard InChI is InChI=1S/C32H39N7O6/c1-44-27-18-23(17-22-11-5-6-12-24(22)27)39(25(29(33)41)13-7-15-36-31(34)35)30(42)26-14-8-16-38(26)28(40)19-37-32(43)45-20-21-9-3-2-4-10-21/h2-6,9-12,17-18,25-26H,7-8,13-16,19-20H2,1H3,(H2,33,41)(H,37,43)(H4,34,35,36)/t25-,26-/m0/s1. The lowest BCUT2D eigenvalue weighted by Gasteiger charge is -2.35. The second kappa shape index (κ2) is 15.4. The van der Waals surface area contributed by atoms with Gasteiger partial charge in [0.15, 0.2) is 5.96 Å². The molecule has 2 atom stereocenters. The molecule has 0 aromatic heterocycles. The van der Waals surface area contributed by atoms with Crippen molar-refractivity contribution >= 4 is 46.2 Å². The fourth-order valence-electron chi connectivity index (χ4n) is 5.43. The van der Waals surface area contributed by atoms with Crippen molar-refractivity contribution in [1.82, 2.24) is 10.2 Å². The minimum absolute atomic E-state index is 0.0492. The largest absolute Gasteiger partial charge is 0.496 e. The van der Waals surface area contributed by atoms with Gasteiger partial charge in [0.25, 0.3) is 5.91 Å². The van der Waals surface area contributed by atoms with Crippen molar-refractivity contribution in [3.63, 3.8) is 0 Å². The maximum Gasteiger partial charge on any atom is 0.407 e. The number of nitrogens with two attached hydrogens (primary N) is 3.